The molecule has 0 radical (unpaired) electrons. The third-order valence-corrected chi connectivity index (χ3v) is 5.29. The van der Waals surface area contributed by atoms with Crippen LogP contribution in [0.4, 0.5) is 10.1 Å². The van der Waals surface area contributed by atoms with Crippen LogP contribution in [-0.2, 0) is 16.6 Å². The zero-order valence-corrected chi connectivity index (χ0v) is 16.3. The average molecular weight is 418 g/mol. The molecule has 29 heavy (non-hydrogen) atoms. The second-order valence-corrected chi connectivity index (χ2v) is 7.57. The second kappa shape index (κ2) is 8.74. The van der Waals surface area contributed by atoms with Crippen molar-refractivity contribution in [3.05, 3.63) is 71.7 Å². The first kappa shape index (κ1) is 20.3. The van der Waals surface area contributed by atoms with Gasteiger partial charge in [-0.25, -0.2) is 4.39 Å². The molecule has 0 aliphatic heterocycles. The van der Waals surface area contributed by atoms with E-state index in [9.17, 15) is 17.6 Å². The molecule has 3 N–H and O–H groups in total. The lowest BCUT2D eigenvalue weighted by Gasteiger charge is -2.10. The smallest absolute Gasteiger partial charge is 0.279 e. The van der Waals surface area contributed by atoms with E-state index in [-0.39, 0.29) is 17.7 Å². The number of aromatic amines is 1. The van der Waals surface area contributed by atoms with E-state index >= 15 is 0 Å². The molecule has 0 atom stereocenters. The summed E-state index contributed by atoms with van der Waals surface area (Å²) in [5.41, 5.74) is 0.391. The number of ether oxygens (including phenoxy) is 1. The van der Waals surface area contributed by atoms with Crippen LogP contribution >= 0.6 is 0 Å². The summed E-state index contributed by atoms with van der Waals surface area (Å²) >= 11 is 0. The maximum Gasteiger partial charge on any atom is 0.279 e. The predicted octanol–water partition coefficient (Wildman–Crippen LogP) is 2.68. The highest BCUT2D eigenvalue weighted by atomic mass is 32.2. The van der Waals surface area contributed by atoms with Gasteiger partial charge in [-0.1, -0.05) is 18.2 Å². The molecule has 0 bridgehead atoms. The van der Waals surface area contributed by atoms with Crippen LogP contribution in [0.25, 0.3) is 0 Å². The van der Waals surface area contributed by atoms with Crippen LogP contribution in [0, 0.1) is 5.82 Å². The van der Waals surface area contributed by atoms with E-state index in [1.165, 1.54) is 30.3 Å². The van der Waals surface area contributed by atoms with E-state index in [1.54, 1.807) is 18.2 Å². The maximum atomic E-state index is 13.7. The van der Waals surface area contributed by atoms with Gasteiger partial charge in [-0.05, 0) is 37.3 Å². The lowest BCUT2D eigenvalue weighted by Crippen LogP contribution is -2.26. The number of aromatic nitrogens is 2. The number of hydrogen-bond donors (Lipinski definition) is 3. The third-order valence-electron chi connectivity index (χ3n) is 3.93. The minimum absolute atomic E-state index is 0.0947. The Labute approximate surface area is 167 Å². The summed E-state index contributed by atoms with van der Waals surface area (Å²) in [7, 11) is -4.11. The molecule has 0 aliphatic carbocycles. The van der Waals surface area contributed by atoms with E-state index in [2.05, 4.69) is 20.2 Å². The normalized spacial score (nSPS) is 11.1. The topological polar surface area (TPSA) is 113 Å². The van der Waals surface area contributed by atoms with Crippen LogP contribution in [0.5, 0.6) is 5.75 Å². The number of anilines is 1. The molecule has 152 valence electrons. The number of rotatable bonds is 8. The molecular weight excluding hydrogens is 399 g/mol. The summed E-state index contributed by atoms with van der Waals surface area (Å²) in [6.45, 7) is 2.24. The fourth-order valence-corrected chi connectivity index (χ4v) is 3.70. The molecule has 0 saturated carbocycles. The number of halogens is 1. The van der Waals surface area contributed by atoms with E-state index in [1.807, 2.05) is 6.92 Å². The molecule has 0 spiro atoms. The summed E-state index contributed by atoms with van der Waals surface area (Å²) in [4.78, 5) is 12.4. The summed E-state index contributed by atoms with van der Waals surface area (Å²) in [5, 5.41) is 8.09. The van der Waals surface area contributed by atoms with Crippen molar-refractivity contribution in [1.29, 1.82) is 0 Å². The Balaban J connectivity index is 1.73. The monoisotopic (exact) mass is 418 g/mol. The molecule has 3 aromatic rings. The van der Waals surface area contributed by atoms with Crippen LogP contribution in [0.2, 0.25) is 0 Å². The van der Waals surface area contributed by atoms with Crippen molar-refractivity contribution in [2.45, 2.75) is 18.5 Å². The number of amides is 1. The molecule has 0 unspecified atom stereocenters. The third kappa shape index (κ3) is 4.91. The van der Waals surface area contributed by atoms with Crippen LogP contribution in [0.3, 0.4) is 0 Å². The van der Waals surface area contributed by atoms with Crippen LogP contribution < -0.4 is 14.8 Å². The highest BCUT2D eigenvalue weighted by Gasteiger charge is 2.25. The molecule has 0 aliphatic rings. The Bertz CT molecular complexity index is 1100. The van der Waals surface area contributed by atoms with Crippen molar-refractivity contribution in [3.8, 4) is 5.75 Å². The van der Waals surface area contributed by atoms with Crippen LogP contribution in [0.1, 0.15) is 22.8 Å². The molecule has 1 heterocycles. The highest BCUT2D eigenvalue weighted by Crippen LogP contribution is 2.20. The Morgan fingerprint density at radius 3 is 2.59 bits per heavy atom. The van der Waals surface area contributed by atoms with Crippen molar-refractivity contribution in [2.75, 3.05) is 11.3 Å². The van der Waals surface area contributed by atoms with Crippen LogP contribution in [-0.4, -0.2) is 31.1 Å². The molecule has 2 aromatic carbocycles. The number of nitrogens with one attached hydrogen (secondary N) is 3. The molecule has 0 saturated heterocycles. The summed E-state index contributed by atoms with van der Waals surface area (Å²) in [6.07, 6.45) is 1.10. The molecule has 3 rings (SSSR count). The fraction of sp³-hybridized carbons (Fsp3) is 0.158. The number of nitrogens with zero attached hydrogens (tertiary/aromatic N) is 1. The van der Waals surface area contributed by atoms with Gasteiger partial charge in [-0.3, -0.25) is 14.6 Å². The Morgan fingerprint density at radius 1 is 1.17 bits per heavy atom. The summed E-state index contributed by atoms with van der Waals surface area (Å²) in [5.74, 6) is -0.565. The number of H-pyrrole nitrogens is 1. The van der Waals surface area contributed by atoms with Gasteiger partial charge in [0.1, 0.15) is 11.6 Å². The lowest BCUT2D eigenvalue weighted by molar-refractivity contribution is 0.0947. The largest absolute Gasteiger partial charge is 0.494 e. The lowest BCUT2D eigenvalue weighted by atomic mass is 10.2. The average Bonchev–Trinajstić information content (AvgIpc) is 3.20. The number of carbonyl (C=O) groups is 1. The Hall–Kier alpha value is -3.40. The Morgan fingerprint density at radius 2 is 1.90 bits per heavy atom. The van der Waals surface area contributed by atoms with E-state index < -0.39 is 26.8 Å². The molecule has 8 nitrogen and oxygen atoms in total. The van der Waals surface area contributed by atoms with Gasteiger partial charge in [0, 0.05) is 17.8 Å². The molecule has 0 fully saturated rings. The fourth-order valence-electron chi connectivity index (χ4n) is 2.55. The van der Waals surface area contributed by atoms with Crippen molar-refractivity contribution < 1.29 is 22.3 Å². The van der Waals surface area contributed by atoms with Crippen molar-refractivity contribution >= 4 is 21.6 Å². The highest BCUT2D eigenvalue weighted by molar-refractivity contribution is 7.92. The van der Waals surface area contributed by atoms with Gasteiger partial charge >= 0.3 is 0 Å². The zero-order chi connectivity index (χ0) is 20.9. The van der Waals surface area contributed by atoms with Gasteiger partial charge in [0.05, 0.1) is 18.4 Å². The first-order chi connectivity index (χ1) is 13.9. The number of sulfonamides is 1. The van der Waals surface area contributed by atoms with Crippen molar-refractivity contribution in [2.24, 2.45) is 0 Å². The van der Waals surface area contributed by atoms with Gasteiger partial charge in [-0.2, -0.15) is 13.5 Å². The van der Waals surface area contributed by atoms with Crippen molar-refractivity contribution in [1.82, 2.24) is 15.5 Å². The number of hydrogen-bond acceptors (Lipinski definition) is 5. The van der Waals surface area contributed by atoms with Crippen molar-refractivity contribution in [3.63, 3.8) is 0 Å². The molecular formula is C19H19FN4O4S. The SMILES string of the molecule is CCOc1ccc(NS(=O)(=O)c2[nH]ncc2C(=O)NCc2ccccc2F)cc1. The van der Waals surface area contributed by atoms with E-state index in [0.29, 0.717) is 18.0 Å². The quantitative estimate of drug-likeness (QED) is 0.521. The minimum Gasteiger partial charge on any atom is -0.494 e. The maximum absolute atomic E-state index is 13.7. The number of benzene rings is 2. The summed E-state index contributed by atoms with van der Waals surface area (Å²) < 4.78 is 46.7. The van der Waals surface area contributed by atoms with Gasteiger partial charge in [0.2, 0.25) is 0 Å². The molecule has 10 heteroatoms. The summed E-state index contributed by atoms with van der Waals surface area (Å²) in [6, 6.07) is 12.3. The number of carbonyl (C=O) groups excluding carboxylic acids is 1. The second-order valence-electron chi connectivity index (χ2n) is 5.95. The van der Waals surface area contributed by atoms with E-state index in [4.69, 9.17) is 4.74 Å². The van der Waals surface area contributed by atoms with Crippen LogP contribution in [0.15, 0.2) is 59.8 Å². The van der Waals surface area contributed by atoms with Gasteiger partial charge in [0.25, 0.3) is 15.9 Å². The van der Waals surface area contributed by atoms with Gasteiger partial charge in [0.15, 0.2) is 5.03 Å². The van der Waals surface area contributed by atoms with Gasteiger partial charge < -0.3 is 10.1 Å². The van der Waals surface area contributed by atoms with Gasteiger partial charge in [-0.15, -0.1) is 0 Å². The Kier molecular flexibility index (Phi) is 6.13. The first-order valence-corrected chi connectivity index (χ1v) is 10.2. The standard InChI is InChI=1S/C19H19FN4O4S/c1-2-28-15-9-7-14(8-10-15)24-29(26,27)19-16(12-22-23-19)18(25)21-11-13-5-3-4-6-17(13)20/h3-10,12,24H,2,11H2,1H3,(H,21,25)(H,22,23). The first-order valence-electron chi connectivity index (χ1n) is 8.71. The predicted molar refractivity (Wildman–Crippen MR) is 105 cm³/mol. The minimum atomic E-state index is -4.11. The molecule has 1 aromatic heterocycles. The van der Waals surface area contributed by atoms with E-state index in [0.717, 1.165) is 6.20 Å². The molecule has 1 amide bonds. The zero-order valence-electron chi connectivity index (χ0n) is 15.5.